The first kappa shape index (κ1) is 17.2. The number of methoxy groups -OCH3 is 1. The van der Waals surface area contributed by atoms with Gasteiger partial charge < -0.3 is 4.74 Å². The van der Waals surface area contributed by atoms with Crippen molar-refractivity contribution in [3.05, 3.63) is 77.5 Å². The second kappa shape index (κ2) is 7.98. The number of carbonyl (C=O) groups is 2. The van der Waals surface area contributed by atoms with Gasteiger partial charge in [-0.05, 0) is 30.3 Å². The van der Waals surface area contributed by atoms with Crippen LogP contribution in [0.4, 0.5) is 5.69 Å². The standard InChI is InChI=1S/C19H16N4O3/c1-26-17(24)12-11-16(23-22-13-7-3-2-4-8-13)18-19(25)21-15-10-6-5-9-14(15)20-18/h2-12,18,22H,1H3/b12-11+,23-16-. The molecule has 7 nitrogen and oxygen atoms in total. The third kappa shape index (κ3) is 4.07. The zero-order valence-electron chi connectivity index (χ0n) is 14.0. The lowest BCUT2D eigenvalue weighted by Crippen LogP contribution is -2.40. The summed E-state index contributed by atoms with van der Waals surface area (Å²) in [7, 11) is 1.27. The lowest BCUT2D eigenvalue weighted by atomic mass is 10.1. The van der Waals surface area contributed by atoms with E-state index >= 15 is 0 Å². The van der Waals surface area contributed by atoms with Crippen LogP contribution in [-0.2, 0) is 14.3 Å². The van der Waals surface area contributed by atoms with Crippen LogP contribution in [0.5, 0.6) is 0 Å². The number of nitrogens with zero attached hydrogens (tertiary/aromatic N) is 3. The van der Waals surface area contributed by atoms with E-state index in [9.17, 15) is 9.59 Å². The quantitative estimate of drug-likeness (QED) is 0.378. The summed E-state index contributed by atoms with van der Waals surface area (Å²) in [5.41, 5.74) is 3.84. The Morgan fingerprint density at radius 3 is 2.50 bits per heavy atom. The molecule has 7 heteroatoms. The van der Waals surface area contributed by atoms with Gasteiger partial charge >= 0.3 is 5.97 Å². The number of hydrogen-bond donors (Lipinski definition) is 1. The van der Waals surface area contributed by atoms with E-state index < -0.39 is 17.9 Å². The Hall–Kier alpha value is -3.61. The average Bonchev–Trinajstić information content (AvgIpc) is 2.68. The number of carbonyl (C=O) groups excluding carboxylic acids is 2. The summed E-state index contributed by atoms with van der Waals surface area (Å²) >= 11 is 0. The third-order valence-corrected chi connectivity index (χ3v) is 3.57. The van der Waals surface area contributed by atoms with Crippen LogP contribution >= 0.6 is 0 Å². The molecule has 0 saturated heterocycles. The molecule has 0 bridgehead atoms. The minimum Gasteiger partial charge on any atom is -0.466 e. The summed E-state index contributed by atoms with van der Waals surface area (Å²) in [6.45, 7) is 0. The molecule has 0 saturated carbocycles. The van der Waals surface area contributed by atoms with Crippen LogP contribution in [0, 0.1) is 0 Å². The highest BCUT2D eigenvalue weighted by Gasteiger charge is 2.24. The molecule has 1 heterocycles. The Morgan fingerprint density at radius 2 is 1.77 bits per heavy atom. The predicted molar refractivity (Wildman–Crippen MR) is 96.2 cm³/mol. The smallest absolute Gasteiger partial charge is 0.330 e. The summed E-state index contributed by atoms with van der Waals surface area (Å²) in [5, 5.41) is 5.35. The molecule has 26 heavy (non-hydrogen) atoms. The van der Waals surface area contributed by atoms with E-state index in [-0.39, 0.29) is 5.71 Å². The minimum absolute atomic E-state index is 0.252. The van der Waals surface area contributed by atoms with Gasteiger partial charge in [-0.3, -0.25) is 15.2 Å². The number of amides is 1. The summed E-state index contributed by atoms with van der Waals surface area (Å²) in [4.78, 5) is 32.3. The van der Waals surface area contributed by atoms with Crippen molar-refractivity contribution in [2.45, 2.75) is 6.04 Å². The molecule has 0 fully saturated rings. The number of anilines is 1. The monoisotopic (exact) mass is 348 g/mol. The maximum Gasteiger partial charge on any atom is 0.330 e. The van der Waals surface area contributed by atoms with Crippen molar-refractivity contribution >= 4 is 23.3 Å². The van der Waals surface area contributed by atoms with Crippen LogP contribution in [0.3, 0.4) is 0 Å². The highest BCUT2D eigenvalue weighted by Crippen LogP contribution is 2.08. The van der Waals surface area contributed by atoms with Crippen molar-refractivity contribution in [1.29, 1.82) is 0 Å². The van der Waals surface area contributed by atoms with Crippen molar-refractivity contribution in [1.82, 2.24) is 0 Å². The number of hydrogen-bond acceptors (Lipinski definition) is 6. The topological polar surface area (TPSA) is 92.5 Å². The molecule has 1 aliphatic heterocycles. The highest BCUT2D eigenvalue weighted by atomic mass is 16.5. The molecule has 1 aliphatic rings. The lowest BCUT2D eigenvalue weighted by Gasteiger charge is -2.12. The first-order valence-electron chi connectivity index (χ1n) is 7.87. The van der Waals surface area contributed by atoms with Gasteiger partial charge in [-0.25, -0.2) is 9.79 Å². The summed E-state index contributed by atoms with van der Waals surface area (Å²) in [6.07, 6.45) is 2.59. The molecule has 2 aromatic rings. The van der Waals surface area contributed by atoms with Gasteiger partial charge in [0.2, 0.25) is 0 Å². The normalized spacial score (nSPS) is 16.4. The number of rotatable bonds is 5. The number of para-hydroxylation sites is 3. The predicted octanol–water partition coefficient (Wildman–Crippen LogP) is 1.03. The Morgan fingerprint density at radius 1 is 1.08 bits per heavy atom. The van der Waals surface area contributed by atoms with Crippen molar-refractivity contribution in [2.24, 2.45) is 15.1 Å². The Kier molecular flexibility index (Phi) is 5.28. The van der Waals surface area contributed by atoms with Crippen LogP contribution in [0.1, 0.15) is 0 Å². The number of esters is 1. The second-order valence-electron chi connectivity index (χ2n) is 5.34. The molecule has 1 unspecified atom stereocenters. The summed E-state index contributed by atoms with van der Waals surface area (Å²) in [6, 6.07) is 15.4. The van der Waals surface area contributed by atoms with Gasteiger partial charge in [-0.2, -0.15) is 5.10 Å². The Bertz CT molecular complexity index is 997. The molecule has 0 spiro atoms. The minimum atomic E-state index is -0.943. The fraction of sp³-hybridized carbons (Fsp3) is 0.105. The molecule has 0 aromatic heterocycles. The zero-order valence-corrected chi connectivity index (χ0v) is 14.0. The van der Waals surface area contributed by atoms with Crippen molar-refractivity contribution in [3.63, 3.8) is 0 Å². The molecule has 1 atom stereocenters. The molecular formula is C19H16N4O3. The zero-order chi connectivity index (χ0) is 18.4. The summed E-state index contributed by atoms with van der Waals surface area (Å²) < 4.78 is 4.59. The van der Waals surface area contributed by atoms with Crippen LogP contribution in [0.15, 0.2) is 81.8 Å². The second-order valence-corrected chi connectivity index (χ2v) is 5.34. The maximum atomic E-state index is 12.4. The summed E-state index contributed by atoms with van der Waals surface area (Å²) in [5.74, 6) is -1.01. The van der Waals surface area contributed by atoms with E-state index in [1.807, 2.05) is 36.4 Å². The van der Waals surface area contributed by atoms with Gasteiger partial charge in [0.25, 0.3) is 5.91 Å². The van der Waals surface area contributed by atoms with E-state index in [1.165, 1.54) is 19.3 Å². The van der Waals surface area contributed by atoms with Gasteiger partial charge in [0.1, 0.15) is 0 Å². The number of hydrazone groups is 1. The van der Waals surface area contributed by atoms with Gasteiger partial charge in [0.15, 0.2) is 6.04 Å². The van der Waals surface area contributed by atoms with Gasteiger partial charge in [0.05, 0.1) is 29.2 Å². The highest BCUT2D eigenvalue weighted by molar-refractivity contribution is 6.15. The molecule has 0 aliphatic carbocycles. The fourth-order valence-electron chi connectivity index (χ4n) is 2.29. The number of ether oxygens (including phenoxy) is 1. The molecule has 0 radical (unpaired) electrons. The Balaban J connectivity index is 1.97. The van der Waals surface area contributed by atoms with E-state index in [2.05, 4.69) is 25.2 Å². The first-order chi connectivity index (χ1) is 12.7. The number of fused-ring (bicyclic) bond motifs is 1. The Labute approximate surface area is 149 Å². The molecule has 1 N–H and O–H groups in total. The lowest BCUT2D eigenvalue weighted by molar-refractivity contribution is -0.134. The van der Waals surface area contributed by atoms with E-state index in [0.29, 0.717) is 10.7 Å². The molecule has 3 rings (SSSR count). The van der Waals surface area contributed by atoms with Crippen LogP contribution in [0.25, 0.3) is 0 Å². The van der Waals surface area contributed by atoms with E-state index in [1.54, 1.807) is 18.2 Å². The van der Waals surface area contributed by atoms with Crippen LogP contribution < -0.4 is 16.1 Å². The van der Waals surface area contributed by atoms with Gasteiger partial charge in [-0.15, -0.1) is 0 Å². The van der Waals surface area contributed by atoms with Crippen molar-refractivity contribution in [3.8, 4) is 0 Å². The largest absolute Gasteiger partial charge is 0.466 e. The molecule has 130 valence electrons. The van der Waals surface area contributed by atoms with Crippen LogP contribution in [0.2, 0.25) is 0 Å². The SMILES string of the molecule is COC(=O)/C=C/C(=N/Nc1ccccc1)C1N=c2ccccc2=NC1=O. The number of nitrogens with one attached hydrogen (secondary N) is 1. The van der Waals surface area contributed by atoms with Crippen molar-refractivity contribution < 1.29 is 14.3 Å². The molecule has 1 amide bonds. The molecular weight excluding hydrogens is 332 g/mol. The molecule has 2 aromatic carbocycles. The fourth-order valence-corrected chi connectivity index (χ4v) is 2.29. The van der Waals surface area contributed by atoms with E-state index in [0.717, 1.165) is 5.69 Å². The maximum absolute atomic E-state index is 12.4. The van der Waals surface area contributed by atoms with Crippen LogP contribution in [-0.4, -0.2) is 30.7 Å². The average molecular weight is 348 g/mol. The van der Waals surface area contributed by atoms with E-state index in [4.69, 9.17) is 0 Å². The number of benzene rings is 2. The van der Waals surface area contributed by atoms with Crippen molar-refractivity contribution in [2.75, 3.05) is 12.5 Å². The van der Waals surface area contributed by atoms with Gasteiger partial charge in [-0.1, -0.05) is 30.3 Å². The first-order valence-corrected chi connectivity index (χ1v) is 7.87. The van der Waals surface area contributed by atoms with Gasteiger partial charge in [0, 0.05) is 6.08 Å². The third-order valence-electron chi connectivity index (χ3n) is 3.57.